The molecule has 0 bridgehead atoms. The normalized spacial score (nSPS) is 14.2. The highest BCUT2D eigenvalue weighted by Crippen LogP contribution is 2.20. The Hall–Kier alpha value is -7.82. The van der Waals surface area contributed by atoms with Crippen LogP contribution in [0.3, 0.4) is 0 Å². The van der Waals surface area contributed by atoms with E-state index < -0.39 is 89.7 Å². The Morgan fingerprint density at radius 2 is 1.26 bits per heavy atom. The molecule has 0 unspecified atom stereocenters. The van der Waals surface area contributed by atoms with Crippen LogP contribution >= 0.6 is 0 Å². The fraction of sp³-hybridized carbons (Fsp3) is 0.435. The lowest BCUT2D eigenvalue weighted by atomic mass is 9.99. The van der Waals surface area contributed by atoms with E-state index in [0.29, 0.717) is 16.8 Å². The minimum atomic E-state index is -1.42. The quantitative estimate of drug-likeness (QED) is 0.0189. The third-order valence-electron chi connectivity index (χ3n) is 10.9. The molecule has 0 aliphatic heterocycles. The first-order chi connectivity index (χ1) is 32.8. The van der Waals surface area contributed by atoms with Crippen molar-refractivity contribution in [2.75, 3.05) is 6.54 Å². The summed E-state index contributed by atoms with van der Waals surface area (Å²) in [6.45, 7) is 5.05. The van der Waals surface area contributed by atoms with Gasteiger partial charge < -0.3 is 69.3 Å². The predicted molar refractivity (Wildman–Crippen MR) is 254 cm³/mol. The first-order valence-electron chi connectivity index (χ1n) is 22.4. The highest BCUT2D eigenvalue weighted by molar-refractivity contribution is 5.97. The monoisotopic (exact) mass is 957 g/mol. The summed E-state index contributed by atoms with van der Waals surface area (Å²) in [6, 6.07) is 6.78. The maximum absolute atomic E-state index is 14.6. The smallest absolute Gasteiger partial charge is 0.326 e. The van der Waals surface area contributed by atoms with Crippen molar-refractivity contribution in [1.29, 1.82) is 0 Å². The summed E-state index contributed by atoms with van der Waals surface area (Å²) in [7, 11) is 0. The number of rotatable bonds is 28. The van der Waals surface area contributed by atoms with E-state index in [9.17, 15) is 43.5 Å². The number of benzene rings is 2. The molecule has 23 nitrogen and oxygen atoms in total. The van der Waals surface area contributed by atoms with E-state index >= 15 is 0 Å². The number of carbonyl (C=O) groups is 8. The highest BCUT2D eigenvalue weighted by Gasteiger charge is 2.34. The number of hydrogen-bond acceptors (Lipinski definition) is 11. The second-order valence-corrected chi connectivity index (χ2v) is 17.0. The fourth-order valence-electron chi connectivity index (χ4n) is 7.26. The maximum atomic E-state index is 14.6. The Morgan fingerprint density at radius 1 is 0.667 bits per heavy atom. The summed E-state index contributed by atoms with van der Waals surface area (Å²) in [5, 5.41) is 35.4. The second-order valence-electron chi connectivity index (χ2n) is 17.0. The lowest BCUT2D eigenvalue weighted by molar-refractivity contribution is -0.142. The Morgan fingerprint density at radius 3 is 1.88 bits per heavy atom. The molecule has 6 amide bonds. The minimum absolute atomic E-state index is 0.0260. The molecule has 69 heavy (non-hydrogen) atoms. The first-order valence-corrected chi connectivity index (χ1v) is 22.4. The summed E-state index contributed by atoms with van der Waals surface area (Å²) in [6.07, 6.45) is 3.86. The van der Waals surface area contributed by atoms with Crippen molar-refractivity contribution in [2.24, 2.45) is 28.1 Å². The molecule has 16 N–H and O–H groups in total. The Labute approximate surface area is 398 Å². The molecular formula is C46H63N13O10. The third kappa shape index (κ3) is 17.7. The van der Waals surface area contributed by atoms with Gasteiger partial charge >= 0.3 is 11.9 Å². The number of hydrogen-bond donors (Lipinski definition) is 13. The third-order valence-corrected chi connectivity index (χ3v) is 10.9. The Kier molecular flexibility index (Phi) is 20.7. The number of nitrogens with one attached hydrogen (secondary N) is 8. The summed E-state index contributed by atoms with van der Waals surface area (Å²) in [5.74, 6) is -7.57. The number of guanidine groups is 1. The van der Waals surface area contributed by atoms with Crippen LogP contribution in [0.2, 0.25) is 0 Å². The van der Waals surface area contributed by atoms with Crippen LogP contribution in [0.25, 0.3) is 10.9 Å². The van der Waals surface area contributed by atoms with E-state index in [-0.39, 0.29) is 69.8 Å². The number of aromatic amines is 2. The average molecular weight is 958 g/mol. The SMILES string of the molecule is CC(C)C[C@H](NC(=O)[C@@H](N)CCC(=O)O)C(=O)N[C@@H](Cc1c[nH]c2ccccc12)C(=O)N[C@@H](Cc1cnc[nH]1)C(=O)N[C@@H](CCCN=C(N)N)C(=O)N[C@@H](C)C(=O)N[C@@H](Cc1ccccc1)C(=O)O. The van der Waals surface area contributed by atoms with Crippen LogP contribution in [0.5, 0.6) is 0 Å². The summed E-state index contributed by atoms with van der Waals surface area (Å²) >= 11 is 0. The molecule has 0 fully saturated rings. The maximum Gasteiger partial charge on any atom is 0.326 e. The van der Waals surface area contributed by atoms with Gasteiger partial charge in [0, 0.05) is 61.2 Å². The number of nitrogens with two attached hydrogens (primary N) is 3. The van der Waals surface area contributed by atoms with Crippen LogP contribution in [0.4, 0.5) is 0 Å². The van der Waals surface area contributed by atoms with Crippen molar-refractivity contribution in [3.63, 3.8) is 0 Å². The molecule has 0 radical (unpaired) electrons. The summed E-state index contributed by atoms with van der Waals surface area (Å²) < 4.78 is 0. The number of para-hydroxylation sites is 1. The van der Waals surface area contributed by atoms with Gasteiger partial charge in [0.25, 0.3) is 0 Å². The zero-order valence-corrected chi connectivity index (χ0v) is 38.7. The number of carboxylic acids is 2. The van der Waals surface area contributed by atoms with Crippen molar-refractivity contribution < 1.29 is 48.6 Å². The molecule has 4 aromatic rings. The zero-order chi connectivity index (χ0) is 50.6. The van der Waals surface area contributed by atoms with Crippen LogP contribution < -0.4 is 49.1 Å². The number of imidazole rings is 1. The van der Waals surface area contributed by atoms with Crippen molar-refractivity contribution in [3.8, 4) is 0 Å². The standard InChI is InChI=1S/C46H63N13O10/c1-25(2)18-34(56-40(63)31(47)15-16-38(60)61)42(65)57-35(20-28-22-52-32-13-8-7-12-30(28)32)43(66)58-36(21-29-23-50-24-53-29)44(67)55-33(14-9-17-51-46(48)49)41(64)54-26(3)39(62)59-37(45(68)69)19-27-10-5-4-6-11-27/h4-8,10-13,22-26,31,33-37,52H,9,14-21,47H2,1-3H3,(H,50,53)(H,54,64)(H,55,67)(H,56,63)(H,57,65)(H,58,66)(H,59,62)(H,60,61)(H,68,69)(H4,48,49,51)/t26-,31-,33-,34-,35-,36-,37-/m0/s1. The minimum Gasteiger partial charge on any atom is -0.481 e. The molecule has 4 rings (SSSR count). The zero-order valence-electron chi connectivity index (χ0n) is 38.7. The Bertz CT molecular complexity index is 2400. The number of carbonyl (C=O) groups excluding carboxylic acids is 6. The molecule has 0 aliphatic carbocycles. The number of carboxylic acid groups (broad SMARTS) is 2. The van der Waals surface area contributed by atoms with E-state index in [0.717, 1.165) is 10.9 Å². The molecule has 2 aromatic heterocycles. The molecule has 0 aliphatic rings. The van der Waals surface area contributed by atoms with Gasteiger partial charge in [0.2, 0.25) is 35.4 Å². The van der Waals surface area contributed by atoms with Crippen molar-refractivity contribution in [3.05, 3.63) is 90.1 Å². The van der Waals surface area contributed by atoms with Gasteiger partial charge in [0.15, 0.2) is 5.96 Å². The van der Waals surface area contributed by atoms with Gasteiger partial charge in [-0.1, -0.05) is 62.4 Å². The number of amides is 6. The molecule has 2 heterocycles. The van der Waals surface area contributed by atoms with Crippen molar-refractivity contribution in [1.82, 2.24) is 46.9 Å². The van der Waals surface area contributed by atoms with Gasteiger partial charge in [-0.3, -0.25) is 38.6 Å². The van der Waals surface area contributed by atoms with Crippen molar-refractivity contribution in [2.45, 2.75) is 114 Å². The highest BCUT2D eigenvalue weighted by atomic mass is 16.4. The number of aliphatic carboxylic acids is 2. The van der Waals surface area contributed by atoms with E-state index in [1.165, 1.54) is 19.4 Å². The fourth-order valence-corrected chi connectivity index (χ4v) is 7.26. The molecule has 0 saturated carbocycles. The Balaban J connectivity index is 1.60. The van der Waals surface area contributed by atoms with E-state index in [1.807, 2.05) is 32.0 Å². The number of nitrogens with zero attached hydrogens (tertiary/aromatic N) is 2. The molecule has 0 spiro atoms. The predicted octanol–water partition coefficient (Wildman–Crippen LogP) is -0.776. The summed E-state index contributed by atoms with van der Waals surface area (Å²) in [4.78, 5) is 121. The van der Waals surface area contributed by atoms with Crippen LogP contribution in [-0.4, -0.2) is 127 Å². The average Bonchev–Trinajstić information content (AvgIpc) is 3.98. The van der Waals surface area contributed by atoms with Crippen molar-refractivity contribution >= 4 is 64.2 Å². The van der Waals surface area contributed by atoms with Gasteiger partial charge in [-0.15, -0.1) is 0 Å². The second kappa shape index (κ2) is 26.5. The van der Waals surface area contributed by atoms with Gasteiger partial charge in [-0.2, -0.15) is 0 Å². The van der Waals surface area contributed by atoms with Crippen LogP contribution in [-0.2, 0) is 57.6 Å². The van der Waals surface area contributed by atoms with Crippen LogP contribution in [0.15, 0.2) is 78.3 Å². The summed E-state index contributed by atoms with van der Waals surface area (Å²) in [5.41, 5.74) is 19.4. The van der Waals surface area contributed by atoms with Gasteiger partial charge in [-0.05, 0) is 55.7 Å². The first kappa shape index (κ1) is 53.8. The molecule has 7 atom stereocenters. The molecule has 0 saturated heterocycles. The molecule has 2 aromatic carbocycles. The topological polar surface area (TPSA) is 384 Å². The lowest BCUT2D eigenvalue weighted by Gasteiger charge is -2.27. The van der Waals surface area contributed by atoms with Gasteiger partial charge in [0.05, 0.1) is 12.4 Å². The number of fused-ring (bicyclic) bond motifs is 1. The molecule has 23 heteroatoms. The largest absolute Gasteiger partial charge is 0.481 e. The number of aromatic nitrogens is 3. The molecular weight excluding hydrogens is 895 g/mol. The van der Waals surface area contributed by atoms with E-state index in [2.05, 4.69) is 51.8 Å². The van der Waals surface area contributed by atoms with Gasteiger partial charge in [-0.25, -0.2) is 9.78 Å². The number of H-pyrrole nitrogens is 2. The van der Waals surface area contributed by atoms with Crippen LogP contribution in [0.1, 0.15) is 69.7 Å². The molecule has 372 valence electrons. The van der Waals surface area contributed by atoms with E-state index in [1.54, 1.807) is 42.6 Å². The number of aliphatic imine (C=N–C) groups is 1. The van der Waals surface area contributed by atoms with Gasteiger partial charge in [0.1, 0.15) is 36.3 Å². The van der Waals surface area contributed by atoms with Crippen LogP contribution in [0, 0.1) is 5.92 Å². The van der Waals surface area contributed by atoms with E-state index in [4.69, 9.17) is 22.3 Å². The lowest BCUT2D eigenvalue weighted by Crippen LogP contribution is -2.60.